The summed E-state index contributed by atoms with van der Waals surface area (Å²) in [6.45, 7) is 0.240. The minimum absolute atomic E-state index is 0.0111. The number of rotatable bonds is 8. The number of morpholine rings is 1. The highest BCUT2D eigenvalue weighted by Crippen LogP contribution is 2.44. The number of carboxylic acids is 1. The first-order chi connectivity index (χ1) is 16.8. The smallest absolute Gasteiger partial charge is 0.407 e. The van der Waals surface area contributed by atoms with Crippen LogP contribution in [-0.4, -0.2) is 72.9 Å². The van der Waals surface area contributed by atoms with E-state index >= 15 is 0 Å². The lowest BCUT2D eigenvalue weighted by Crippen LogP contribution is -2.52. The Hall–Kier alpha value is -3.53. The maximum absolute atomic E-state index is 13.7. The van der Waals surface area contributed by atoms with Crippen molar-refractivity contribution < 1.29 is 37.7 Å². The largest absolute Gasteiger partial charge is 0.481 e. The lowest BCUT2D eigenvalue weighted by molar-refractivity contribution is -0.147. The third kappa shape index (κ3) is 5.59. The van der Waals surface area contributed by atoms with E-state index in [0.29, 0.717) is 0 Å². The molecule has 2 unspecified atom stereocenters. The zero-order valence-electron chi connectivity index (χ0n) is 18.9. The van der Waals surface area contributed by atoms with Gasteiger partial charge in [-0.3, -0.25) is 9.59 Å². The van der Waals surface area contributed by atoms with Gasteiger partial charge in [-0.05, 0) is 22.3 Å². The van der Waals surface area contributed by atoms with Gasteiger partial charge >= 0.3 is 12.1 Å². The number of nitrogens with zero attached hydrogens (tertiary/aromatic N) is 1. The molecule has 10 heteroatoms. The van der Waals surface area contributed by atoms with Crippen LogP contribution < -0.4 is 5.32 Å². The number of alkyl carbamates (subject to hydrolysis) is 1. The molecule has 35 heavy (non-hydrogen) atoms. The molecular formula is C25H26F2N2O6. The number of carbonyl (C=O) groups excluding carboxylic acids is 2. The molecule has 0 radical (unpaired) electrons. The standard InChI is InChI=1S/C25H26F2N2O6/c26-24(27)21(12-22(30)29-9-10-34-13-15(29)11-23(31)32)28-25(33)35-14-20-18-7-3-1-5-16(18)17-6-2-4-8-19(17)20/h1-8,15,20-21,24H,9-14H2,(H,28,33)(H,31,32). The fourth-order valence-corrected chi connectivity index (χ4v) is 4.65. The lowest BCUT2D eigenvalue weighted by Gasteiger charge is -2.35. The molecule has 0 bridgehead atoms. The van der Waals surface area contributed by atoms with Crippen molar-refractivity contribution in [2.45, 2.75) is 37.3 Å². The van der Waals surface area contributed by atoms with E-state index in [1.807, 2.05) is 48.5 Å². The maximum Gasteiger partial charge on any atom is 0.407 e. The fourth-order valence-electron chi connectivity index (χ4n) is 4.65. The van der Waals surface area contributed by atoms with Crippen LogP contribution in [0.25, 0.3) is 11.1 Å². The summed E-state index contributed by atoms with van der Waals surface area (Å²) in [5.74, 6) is -2.03. The Morgan fingerprint density at radius 2 is 1.71 bits per heavy atom. The summed E-state index contributed by atoms with van der Waals surface area (Å²) in [5, 5.41) is 11.1. The van der Waals surface area contributed by atoms with Gasteiger partial charge in [-0.15, -0.1) is 0 Å². The highest BCUT2D eigenvalue weighted by Gasteiger charge is 2.34. The normalized spacial score (nSPS) is 18.0. The van der Waals surface area contributed by atoms with Gasteiger partial charge in [-0.25, -0.2) is 13.6 Å². The number of ether oxygens (including phenoxy) is 2. The minimum atomic E-state index is -3.02. The van der Waals surface area contributed by atoms with Crippen LogP contribution in [0.4, 0.5) is 13.6 Å². The van der Waals surface area contributed by atoms with Crippen LogP contribution in [0.5, 0.6) is 0 Å². The summed E-state index contributed by atoms with van der Waals surface area (Å²) in [7, 11) is 0. The number of hydrogen-bond acceptors (Lipinski definition) is 5. The van der Waals surface area contributed by atoms with Gasteiger partial charge in [0.05, 0.1) is 32.1 Å². The van der Waals surface area contributed by atoms with Crippen molar-refractivity contribution in [1.82, 2.24) is 10.2 Å². The molecule has 2 aromatic carbocycles. The van der Waals surface area contributed by atoms with Crippen LogP contribution in [0.3, 0.4) is 0 Å². The number of fused-ring (bicyclic) bond motifs is 3. The Kier molecular flexibility index (Phi) is 7.60. The average Bonchev–Trinajstić information content (AvgIpc) is 3.16. The van der Waals surface area contributed by atoms with E-state index in [0.717, 1.165) is 22.3 Å². The maximum atomic E-state index is 13.7. The van der Waals surface area contributed by atoms with Crippen LogP contribution in [0.1, 0.15) is 29.9 Å². The predicted molar refractivity (Wildman–Crippen MR) is 121 cm³/mol. The van der Waals surface area contributed by atoms with Crippen molar-refractivity contribution in [3.8, 4) is 11.1 Å². The topological polar surface area (TPSA) is 105 Å². The Morgan fingerprint density at radius 3 is 2.31 bits per heavy atom. The summed E-state index contributed by atoms with van der Waals surface area (Å²) in [6, 6.07) is 12.9. The van der Waals surface area contributed by atoms with E-state index < -0.39 is 42.9 Å². The average molecular weight is 488 g/mol. The molecule has 0 saturated carbocycles. The SMILES string of the molecule is O=C(O)CC1COCCN1C(=O)CC(NC(=O)OCC1c2ccccc2-c2ccccc21)C(F)F. The minimum Gasteiger partial charge on any atom is -0.481 e. The number of carboxylic acid groups (broad SMARTS) is 1. The van der Waals surface area contributed by atoms with Crippen molar-refractivity contribution in [2.24, 2.45) is 0 Å². The molecule has 1 heterocycles. The van der Waals surface area contributed by atoms with Gasteiger partial charge in [0.25, 0.3) is 6.43 Å². The predicted octanol–water partition coefficient (Wildman–Crippen LogP) is 3.25. The van der Waals surface area contributed by atoms with Crippen LogP contribution in [0.15, 0.2) is 48.5 Å². The second kappa shape index (κ2) is 10.8. The van der Waals surface area contributed by atoms with E-state index in [2.05, 4.69) is 5.32 Å². The fraction of sp³-hybridized carbons (Fsp3) is 0.400. The summed E-state index contributed by atoms with van der Waals surface area (Å²) < 4.78 is 37.9. The van der Waals surface area contributed by atoms with Crippen LogP contribution in [0.2, 0.25) is 0 Å². The second-order valence-corrected chi connectivity index (χ2v) is 8.53. The van der Waals surface area contributed by atoms with E-state index in [1.54, 1.807) is 0 Å². The number of nitrogens with one attached hydrogen (secondary N) is 1. The van der Waals surface area contributed by atoms with Crippen LogP contribution in [-0.2, 0) is 19.1 Å². The third-order valence-electron chi connectivity index (χ3n) is 6.30. The number of alkyl halides is 2. The number of carbonyl (C=O) groups is 3. The number of halogens is 2. The van der Waals surface area contributed by atoms with E-state index in [1.165, 1.54) is 4.90 Å². The molecule has 186 valence electrons. The van der Waals surface area contributed by atoms with Crippen LogP contribution in [0, 0.1) is 0 Å². The van der Waals surface area contributed by atoms with Gasteiger partial charge in [-0.2, -0.15) is 0 Å². The van der Waals surface area contributed by atoms with Gasteiger partial charge in [-0.1, -0.05) is 48.5 Å². The zero-order valence-corrected chi connectivity index (χ0v) is 18.9. The molecule has 2 amide bonds. The first-order valence-electron chi connectivity index (χ1n) is 11.3. The summed E-state index contributed by atoms with van der Waals surface area (Å²) in [5.41, 5.74) is 4.04. The van der Waals surface area contributed by atoms with Gasteiger partial charge < -0.3 is 24.8 Å². The number of benzene rings is 2. The molecule has 0 spiro atoms. The number of hydrogen-bond donors (Lipinski definition) is 2. The number of amides is 2. The highest BCUT2D eigenvalue weighted by molar-refractivity contribution is 5.80. The molecule has 0 aromatic heterocycles. The Balaban J connectivity index is 1.37. The van der Waals surface area contributed by atoms with Gasteiger partial charge in [0.2, 0.25) is 5.91 Å². The molecule has 8 nitrogen and oxygen atoms in total. The van der Waals surface area contributed by atoms with E-state index in [9.17, 15) is 23.2 Å². The monoisotopic (exact) mass is 488 g/mol. The Morgan fingerprint density at radius 1 is 1.09 bits per heavy atom. The molecule has 4 rings (SSSR count). The highest BCUT2D eigenvalue weighted by atomic mass is 19.3. The van der Waals surface area contributed by atoms with E-state index in [4.69, 9.17) is 14.6 Å². The number of aliphatic carboxylic acids is 1. The molecular weight excluding hydrogens is 462 g/mol. The van der Waals surface area contributed by atoms with Gasteiger partial charge in [0.1, 0.15) is 12.6 Å². The molecule has 2 aromatic rings. The van der Waals surface area contributed by atoms with Crippen molar-refractivity contribution >= 4 is 18.0 Å². The Bertz CT molecular complexity index is 1050. The van der Waals surface area contributed by atoms with Crippen LogP contribution >= 0.6 is 0 Å². The van der Waals surface area contributed by atoms with Crippen molar-refractivity contribution in [1.29, 1.82) is 0 Å². The molecule has 1 saturated heterocycles. The van der Waals surface area contributed by atoms with Gasteiger partial charge in [0, 0.05) is 12.5 Å². The first kappa shape index (κ1) is 24.6. The van der Waals surface area contributed by atoms with E-state index in [-0.39, 0.29) is 38.7 Å². The summed E-state index contributed by atoms with van der Waals surface area (Å²) >= 11 is 0. The summed E-state index contributed by atoms with van der Waals surface area (Å²) in [4.78, 5) is 37.4. The molecule has 1 fully saturated rings. The summed E-state index contributed by atoms with van der Waals surface area (Å²) in [6.07, 6.45) is -5.10. The second-order valence-electron chi connectivity index (χ2n) is 8.53. The quantitative estimate of drug-likeness (QED) is 0.591. The van der Waals surface area contributed by atoms with Gasteiger partial charge in [0.15, 0.2) is 0 Å². The van der Waals surface area contributed by atoms with Crippen molar-refractivity contribution in [2.75, 3.05) is 26.4 Å². The Labute approximate surface area is 200 Å². The van der Waals surface area contributed by atoms with Crippen molar-refractivity contribution in [3.63, 3.8) is 0 Å². The van der Waals surface area contributed by atoms with Crippen molar-refractivity contribution in [3.05, 3.63) is 59.7 Å². The molecule has 2 N–H and O–H groups in total. The molecule has 2 aliphatic rings. The molecule has 2 atom stereocenters. The third-order valence-corrected chi connectivity index (χ3v) is 6.30. The zero-order chi connectivity index (χ0) is 24.9. The first-order valence-corrected chi connectivity index (χ1v) is 11.3. The lowest BCUT2D eigenvalue weighted by atomic mass is 9.98. The molecule has 1 aliphatic heterocycles. The molecule has 1 aliphatic carbocycles.